The quantitative estimate of drug-likeness (QED) is 0.533. The van der Waals surface area contributed by atoms with E-state index in [0.29, 0.717) is 24.6 Å². The zero-order chi connectivity index (χ0) is 24.1. The Bertz CT molecular complexity index is 1050. The van der Waals surface area contributed by atoms with E-state index in [-0.39, 0.29) is 30.3 Å². The number of carbonyl (C=O) groups excluding carboxylic acids is 2. The van der Waals surface area contributed by atoms with E-state index >= 15 is 0 Å². The Hall–Kier alpha value is -2.90. The molecule has 0 aromatic heterocycles. The third-order valence-corrected chi connectivity index (χ3v) is 6.84. The molecule has 180 valence electrons. The van der Waals surface area contributed by atoms with E-state index in [1.165, 1.54) is 5.01 Å². The van der Waals surface area contributed by atoms with E-state index in [2.05, 4.69) is 0 Å². The predicted octanol–water partition coefficient (Wildman–Crippen LogP) is 4.30. The molecular weight excluding hydrogens is 454 g/mol. The Labute approximate surface area is 205 Å². The molecule has 4 rings (SSSR count). The van der Waals surface area contributed by atoms with E-state index in [1.54, 1.807) is 19.1 Å². The Morgan fingerprint density at radius 1 is 1.12 bits per heavy atom. The van der Waals surface area contributed by atoms with Gasteiger partial charge in [-0.15, -0.1) is 0 Å². The standard InChI is InChI=1S/C26H30ClN3O4/c1-33-15-14-29(26(32)19-6-5-7-19)17-25(31)30-24(18-10-12-20(34-2)13-11-18)16-23(28-30)21-8-3-4-9-22(21)27/h3-4,8-13,19,24H,5-7,14-17H2,1-2H3. The fourth-order valence-electron chi connectivity index (χ4n) is 4.30. The van der Waals surface area contributed by atoms with Crippen molar-refractivity contribution in [1.82, 2.24) is 9.91 Å². The molecule has 0 N–H and O–H groups in total. The summed E-state index contributed by atoms with van der Waals surface area (Å²) in [4.78, 5) is 28.1. The van der Waals surface area contributed by atoms with Gasteiger partial charge in [0.1, 0.15) is 12.3 Å². The number of benzene rings is 2. The fraction of sp³-hybridized carbons (Fsp3) is 0.423. The van der Waals surface area contributed by atoms with Crippen LogP contribution < -0.4 is 4.74 Å². The average Bonchev–Trinajstić information content (AvgIpc) is 3.26. The molecule has 2 aromatic rings. The number of hydrogen-bond acceptors (Lipinski definition) is 5. The van der Waals surface area contributed by atoms with Gasteiger partial charge < -0.3 is 14.4 Å². The second kappa shape index (κ2) is 11.0. The highest BCUT2D eigenvalue weighted by Crippen LogP contribution is 2.35. The topological polar surface area (TPSA) is 71.4 Å². The molecule has 1 aliphatic heterocycles. The van der Waals surface area contributed by atoms with Gasteiger partial charge in [-0.1, -0.05) is 48.4 Å². The van der Waals surface area contributed by atoms with Crippen LogP contribution in [0.4, 0.5) is 0 Å². The second-order valence-corrected chi connectivity index (χ2v) is 9.05. The molecule has 8 heteroatoms. The minimum absolute atomic E-state index is 0.00260. The number of halogens is 1. The molecule has 0 radical (unpaired) electrons. The maximum absolute atomic E-state index is 13.5. The maximum Gasteiger partial charge on any atom is 0.262 e. The molecule has 1 aliphatic carbocycles. The first-order chi connectivity index (χ1) is 16.5. The van der Waals surface area contributed by atoms with E-state index in [4.69, 9.17) is 26.2 Å². The van der Waals surface area contributed by atoms with Crippen molar-refractivity contribution in [3.63, 3.8) is 0 Å². The van der Waals surface area contributed by atoms with Crippen molar-refractivity contribution < 1.29 is 19.1 Å². The van der Waals surface area contributed by atoms with E-state index < -0.39 is 0 Å². The molecule has 7 nitrogen and oxygen atoms in total. The Kier molecular flexibility index (Phi) is 7.85. The first-order valence-electron chi connectivity index (χ1n) is 11.6. The van der Waals surface area contributed by atoms with Crippen molar-refractivity contribution in [2.24, 2.45) is 11.0 Å². The van der Waals surface area contributed by atoms with Gasteiger partial charge in [-0.05, 0) is 36.6 Å². The summed E-state index contributed by atoms with van der Waals surface area (Å²) in [5.74, 6) is 0.533. The summed E-state index contributed by atoms with van der Waals surface area (Å²) < 4.78 is 10.5. The van der Waals surface area contributed by atoms with Gasteiger partial charge in [0.15, 0.2) is 0 Å². The molecule has 1 fully saturated rings. The normalized spacial score (nSPS) is 17.8. The van der Waals surface area contributed by atoms with Gasteiger partial charge in [0.2, 0.25) is 5.91 Å². The molecule has 34 heavy (non-hydrogen) atoms. The molecule has 1 heterocycles. The molecule has 0 spiro atoms. The average molecular weight is 484 g/mol. The van der Waals surface area contributed by atoms with Crippen LogP contribution in [0.25, 0.3) is 0 Å². The third kappa shape index (κ3) is 5.26. The van der Waals surface area contributed by atoms with Gasteiger partial charge in [0.05, 0.1) is 25.5 Å². The summed E-state index contributed by atoms with van der Waals surface area (Å²) >= 11 is 6.44. The van der Waals surface area contributed by atoms with Crippen LogP contribution in [-0.4, -0.2) is 61.4 Å². The lowest BCUT2D eigenvalue weighted by Gasteiger charge is -2.32. The summed E-state index contributed by atoms with van der Waals surface area (Å²) in [6.07, 6.45) is 3.34. The highest BCUT2D eigenvalue weighted by molar-refractivity contribution is 6.34. The Balaban J connectivity index is 1.61. The third-order valence-electron chi connectivity index (χ3n) is 6.51. The molecule has 1 atom stereocenters. The molecule has 2 amide bonds. The van der Waals surface area contributed by atoms with Gasteiger partial charge in [0.25, 0.3) is 5.91 Å². The van der Waals surface area contributed by atoms with Crippen LogP contribution in [0.15, 0.2) is 53.6 Å². The summed E-state index contributed by atoms with van der Waals surface area (Å²) in [6, 6.07) is 14.8. The van der Waals surface area contributed by atoms with Gasteiger partial charge in [-0.3, -0.25) is 9.59 Å². The summed E-state index contributed by atoms with van der Waals surface area (Å²) in [5, 5.41) is 6.80. The summed E-state index contributed by atoms with van der Waals surface area (Å²) in [7, 11) is 3.21. The lowest BCUT2D eigenvalue weighted by atomic mass is 9.84. The van der Waals surface area contributed by atoms with Crippen LogP contribution in [-0.2, 0) is 14.3 Å². The molecular formula is C26H30ClN3O4. The first kappa shape index (κ1) is 24.2. The van der Waals surface area contributed by atoms with Gasteiger partial charge in [0, 0.05) is 36.6 Å². The monoisotopic (exact) mass is 483 g/mol. The molecule has 1 unspecified atom stereocenters. The van der Waals surface area contributed by atoms with Crippen LogP contribution >= 0.6 is 11.6 Å². The van der Waals surface area contributed by atoms with Crippen LogP contribution in [0.5, 0.6) is 5.75 Å². The predicted molar refractivity (Wildman–Crippen MR) is 131 cm³/mol. The number of methoxy groups -OCH3 is 2. The van der Waals surface area contributed by atoms with E-state index in [9.17, 15) is 9.59 Å². The fourth-order valence-corrected chi connectivity index (χ4v) is 4.55. The van der Waals surface area contributed by atoms with Crippen molar-refractivity contribution in [2.45, 2.75) is 31.7 Å². The van der Waals surface area contributed by atoms with Crippen molar-refractivity contribution in [1.29, 1.82) is 0 Å². The summed E-state index contributed by atoms with van der Waals surface area (Å²) in [5.41, 5.74) is 2.49. The first-order valence-corrected chi connectivity index (χ1v) is 12.0. The zero-order valence-corrected chi connectivity index (χ0v) is 20.3. The Morgan fingerprint density at radius 2 is 1.85 bits per heavy atom. The zero-order valence-electron chi connectivity index (χ0n) is 19.6. The van der Waals surface area contributed by atoms with Crippen LogP contribution in [0.2, 0.25) is 5.02 Å². The lowest BCUT2D eigenvalue weighted by Crippen LogP contribution is -2.46. The van der Waals surface area contributed by atoms with Crippen molar-refractivity contribution in [3.8, 4) is 5.75 Å². The Morgan fingerprint density at radius 3 is 2.47 bits per heavy atom. The van der Waals surface area contributed by atoms with E-state index in [0.717, 1.165) is 41.9 Å². The number of amides is 2. The minimum Gasteiger partial charge on any atom is -0.497 e. The smallest absolute Gasteiger partial charge is 0.262 e. The van der Waals surface area contributed by atoms with Crippen LogP contribution in [0.1, 0.15) is 42.9 Å². The molecule has 2 aliphatic rings. The second-order valence-electron chi connectivity index (χ2n) is 8.64. The van der Waals surface area contributed by atoms with Crippen molar-refractivity contribution in [2.75, 3.05) is 33.9 Å². The number of nitrogens with zero attached hydrogens (tertiary/aromatic N) is 3. The van der Waals surface area contributed by atoms with E-state index in [1.807, 2.05) is 48.5 Å². The molecule has 0 saturated heterocycles. The highest BCUT2D eigenvalue weighted by Gasteiger charge is 2.36. The minimum atomic E-state index is -0.298. The SMILES string of the molecule is COCCN(CC(=O)N1N=C(c2ccccc2Cl)CC1c1ccc(OC)cc1)C(=O)C1CCC1. The number of hydrogen-bond donors (Lipinski definition) is 0. The molecule has 2 aromatic carbocycles. The van der Waals surface area contributed by atoms with Crippen LogP contribution in [0.3, 0.4) is 0 Å². The van der Waals surface area contributed by atoms with Gasteiger partial charge in [-0.2, -0.15) is 5.10 Å². The number of carbonyl (C=O) groups is 2. The number of hydrazone groups is 1. The van der Waals surface area contributed by atoms with Crippen LogP contribution in [0, 0.1) is 5.92 Å². The lowest BCUT2D eigenvalue weighted by molar-refractivity contribution is -0.146. The number of ether oxygens (including phenoxy) is 2. The maximum atomic E-state index is 13.5. The van der Waals surface area contributed by atoms with Gasteiger partial charge in [-0.25, -0.2) is 5.01 Å². The molecule has 1 saturated carbocycles. The number of rotatable bonds is 9. The van der Waals surface area contributed by atoms with Crippen molar-refractivity contribution in [3.05, 3.63) is 64.7 Å². The van der Waals surface area contributed by atoms with Gasteiger partial charge >= 0.3 is 0 Å². The largest absolute Gasteiger partial charge is 0.497 e. The molecule has 0 bridgehead atoms. The summed E-state index contributed by atoms with van der Waals surface area (Å²) in [6.45, 7) is 0.714. The van der Waals surface area contributed by atoms with Crippen molar-refractivity contribution >= 4 is 29.1 Å². The highest BCUT2D eigenvalue weighted by atomic mass is 35.5.